The molecule has 1 aliphatic heterocycles. The van der Waals surface area contributed by atoms with E-state index in [1.807, 2.05) is 0 Å². The van der Waals surface area contributed by atoms with Gasteiger partial charge in [-0.15, -0.1) is 24.0 Å². The van der Waals surface area contributed by atoms with E-state index in [1.54, 1.807) is 18.4 Å². The van der Waals surface area contributed by atoms with Crippen LogP contribution in [0.5, 0.6) is 0 Å². The molecule has 4 nitrogen and oxygen atoms in total. The molecule has 1 aromatic heterocycles. The van der Waals surface area contributed by atoms with Crippen molar-refractivity contribution in [3.63, 3.8) is 0 Å². The van der Waals surface area contributed by atoms with E-state index in [1.165, 1.54) is 10.5 Å². The minimum atomic E-state index is -4.11. The number of rotatable bonds is 6. The van der Waals surface area contributed by atoms with E-state index in [0.717, 1.165) is 13.0 Å². The van der Waals surface area contributed by atoms with Gasteiger partial charge in [-0.1, -0.05) is 6.92 Å². The Kier molecular flexibility index (Phi) is 9.50. The molecule has 2 rings (SSSR count). The van der Waals surface area contributed by atoms with Gasteiger partial charge in [0.1, 0.15) is 0 Å². The van der Waals surface area contributed by atoms with Crippen LogP contribution in [-0.2, 0) is 0 Å². The molecule has 0 aromatic carbocycles. The molecule has 2 heterocycles. The number of aliphatic imine (C=N–C) groups is 1. The van der Waals surface area contributed by atoms with Crippen molar-refractivity contribution in [2.45, 2.75) is 25.4 Å². The molecule has 25 heavy (non-hydrogen) atoms. The molecule has 1 aromatic rings. The predicted molar refractivity (Wildman–Crippen MR) is 108 cm³/mol. The first-order chi connectivity index (χ1) is 11.4. The van der Waals surface area contributed by atoms with Crippen LogP contribution in [0.15, 0.2) is 21.8 Å². The van der Waals surface area contributed by atoms with Gasteiger partial charge in [-0.3, -0.25) is 9.89 Å². The highest BCUT2D eigenvalue weighted by molar-refractivity contribution is 14.0. The zero-order valence-electron chi connectivity index (χ0n) is 14.5. The van der Waals surface area contributed by atoms with Gasteiger partial charge in [0.25, 0.3) is 0 Å². The van der Waals surface area contributed by atoms with Crippen molar-refractivity contribution in [2.75, 3.05) is 39.8 Å². The van der Waals surface area contributed by atoms with Gasteiger partial charge in [0, 0.05) is 26.7 Å². The molecule has 9 heteroatoms. The smallest absolute Gasteiger partial charge is 0.356 e. The molecule has 1 fully saturated rings. The second-order valence-corrected chi connectivity index (χ2v) is 7.08. The molecule has 0 amide bonds. The summed E-state index contributed by atoms with van der Waals surface area (Å²) >= 11 is 1.68. The van der Waals surface area contributed by atoms with Crippen LogP contribution in [0, 0.1) is 5.92 Å². The Morgan fingerprint density at radius 1 is 1.44 bits per heavy atom. The first kappa shape index (κ1) is 22.5. The van der Waals surface area contributed by atoms with E-state index >= 15 is 0 Å². The highest BCUT2D eigenvalue weighted by Gasteiger charge is 2.34. The summed E-state index contributed by atoms with van der Waals surface area (Å²) in [4.78, 5) is 5.66. The standard InChI is InChI=1S/C16H25F3N4S.HI/c1-12(14-4-6-24-10-14)7-21-15(20-2)22-8-13-3-5-23(9-13)11-16(17,18)19;/h4,6,10,12-13H,3,5,7-9,11H2,1-2H3,(H2,20,21,22);1H. The molecule has 2 N–H and O–H groups in total. The zero-order chi connectivity index (χ0) is 17.6. The number of guanidine groups is 1. The largest absolute Gasteiger partial charge is 0.401 e. The van der Waals surface area contributed by atoms with Gasteiger partial charge in [0.05, 0.1) is 6.54 Å². The normalized spacial score (nSPS) is 20.2. The van der Waals surface area contributed by atoms with Crippen LogP contribution in [0.2, 0.25) is 0 Å². The van der Waals surface area contributed by atoms with E-state index in [2.05, 4.69) is 39.4 Å². The Hall–Kier alpha value is -0.550. The van der Waals surface area contributed by atoms with Crippen molar-refractivity contribution >= 4 is 41.3 Å². The fourth-order valence-electron chi connectivity index (χ4n) is 2.86. The predicted octanol–water partition coefficient (Wildman–Crippen LogP) is 3.52. The number of halogens is 4. The molecule has 144 valence electrons. The van der Waals surface area contributed by atoms with Gasteiger partial charge in [-0.2, -0.15) is 24.5 Å². The Bertz CT molecular complexity index is 522. The maximum Gasteiger partial charge on any atom is 0.401 e. The van der Waals surface area contributed by atoms with Gasteiger partial charge in [0.2, 0.25) is 0 Å². The van der Waals surface area contributed by atoms with E-state index < -0.39 is 12.7 Å². The van der Waals surface area contributed by atoms with Gasteiger partial charge < -0.3 is 10.6 Å². The topological polar surface area (TPSA) is 39.7 Å². The van der Waals surface area contributed by atoms with Crippen molar-refractivity contribution in [2.24, 2.45) is 10.9 Å². The van der Waals surface area contributed by atoms with Gasteiger partial charge in [-0.05, 0) is 47.2 Å². The lowest BCUT2D eigenvalue weighted by molar-refractivity contribution is -0.143. The summed E-state index contributed by atoms with van der Waals surface area (Å²) in [6, 6.07) is 2.11. The summed E-state index contributed by atoms with van der Waals surface area (Å²) in [6.45, 7) is 3.73. The van der Waals surface area contributed by atoms with Crippen molar-refractivity contribution in [3.8, 4) is 0 Å². The molecule has 1 aliphatic rings. The summed E-state index contributed by atoms with van der Waals surface area (Å²) in [5.41, 5.74) is 1.29. The van der Waals surface area contributed by atoms with Gasteiger partial charge in [-0.25, -0.2) is 0 Å². The Morgan fingerprint density at radius 2 is 2.20 bits per heavy atom. The van der Waals surface area contributed by atoms with Crippen LogP contribution in [0.4, 0.5) is 13.2 Å². The molecule has 0 spiro atoms. The van der Waals surface area contributed by atoms with Crippen LogP contribution in [0.3, 0.4) is 0 Å². The molecule has 1 saturated heterocycles. The molecule has 0 bridgehead atoms. The van der Waals surface area contributed by atoms with Crippen molar-refractivity contribution in [1.29, 1.82) is 0 Å². The third-order valence-electron chi connectivity index (χ3n) is 4.24. The van der Waals surface area contributed by atoms with Crippen LogP contribution in [-0.4, -0.2) is 56.8 Å². The molecule has 0 radical (unpaired) electrons. The average Bonchev–Trinajstić information content (AvgIpc) is 3.17. The minimum Gasteiger partial charge on any atom is -0.356 e. The summed E-state index contributed by atoms with van der Waals surface area (Å²) in [6.07, 6.45) is -3.33. The second kappa shape index (κ2) is 10.6. The van der Waals surface area contributed by atoms with Crippen LogP contribution in [0.25, 0.3) is 0 Å². The Labute approximate surface area is 168 Å². The molecular formula is C16H26F3IN4S. The number of nitrogens with one attached hydrogen (secondary N) is 2. The lowest BCUT2D eigenvalue weighted by Gasteiger charge is -2.19. The number of hydrogen-bond acceptors (Lipinski definition) is 3. The Morgan fingerprint density at radius 3 is 2.80 bits per heavy atom. The third-order valence-corrected chi connectivity index (χ3v) is 4.94. The second-order valence-electron chi connectivity index (χ2n) is 6.30. The highest BCUT2D eigenvalue weighted by atomic mass is 127. The van der Waals surface area contributed by atoms with E-state index in [0.29, 0.717) is 31.5 Å². The van der Waals surface area contributed by atoms with Crippen LogP contribution >= 0.6 is 35.3 Å². The quantitative estimate of drug-likeness (QED) is 0.364. The molecular weight excluding hydrogens is 464 g/mol. The lowest BCUT2D eigenvalue weighted by Crippen LogP contribution is -2.41. The molecule has 0 aliphatic carbocycles. The third kappa shape index (κ3) is 8.12. The zero-order valence-corrected chi connectivity index (χ0v) is 17.6. The summed E-state index contributed by atoms with van der Waals surface area (Å²) in [5, 5.41) is 10.7. The number of nitrogens with zero attached hydrogens (tertiary/aromatic N) is 2. The minimum absolute atomic E-state index is 0. The first-order valence-electron chi connectivity index (χ1n) is 8.13. The van der Waals surface area contributed by atoms with Crippen LogP contribution < -0.4 is 10.6 Å². The molecule has 0 saturated carbocycles. The highest BCUT2D eigenvalue weighted by Crippen LogP contribution is 2.22. The summed E-state index contributed by atoms with van der Waals surface area (Å²) in [7, 11) is 1.70. The van der Waals surface area contributed by atoms with E-state index in [4.69, 9.17) is 0 Å². The number of likely N-dealkylation sites (tertiary alicyclic amines) is 1. The maximum absolute atomic E-state index is 12.4. The SMILES string of the molecule is CN=C(NCC1CCN(CC(F)(F)F)C1)NCC(C)c1ccsc1.I. The monoisotopic (exact) mass is 490 g/mol. The summed E-state index contributed by atoms with van der Waals surface area (Å²) in [5.74, 6) is 1.30. The van der Waals surface area contributed by atoms with E-state index in [9.17, 15) is 13.2 Å². The van der Waals surface area contributed by atoms with Crippen molar-refractivity contribution in [1.82, 2.24) is 15.5 Å². The Balaban J connectivity index is 0.00000312. The molecule has 2 unspecified atom stereocenters. The number of thiophene rings is 1. The van der Waals surface area contributed by atoms with Crippen molar-refractivity contribution < 1.29 is 13.2 Å². The average molecular weight is 490 g/mol. The lowest BCUT2D eigenvalue weighted by atomic mass is 10.1. The molecule has 2 atom stereocenters. The number of alkyl halides is 3. The summed E-state index contributed by atoms with van der Waals surface area (Å²) < 4.78 is 37.2. The van der Waals surface area contributed by atoms with Crippen LogP contribution in [0.1, 0.15) is 24.8 Å². The first-order valence-corrected chi connectivity index (χ1v) is 9.07. The van der Waals surface area contributed by atoms with Gasteiger partial charge in [0.15, 0.2) is 5.96 Å². The fraction of sp³-hybridized carbons (Fsp3) is 0.688. The number of hydrogen-bond donors (Lipinski definition) is 2. The van der Waals surface area contributed by atoms with Crippen molar-refractivity contribution in [3.05, 3.63) is 22.4 Å². The maximum atomic E-state index is 12.4. The van der Waals surface area contributed by atoms with Gasteiger partial charge >= 0.3 is 6.18 Å². The van der Waals surface area contributed by atoms with E-state index in [-0.39, 0.29) is 29.9 Å². The fourth-order valence-corrected chi connectivity index (χ4v) is 3.64.